The molecular weight excluding hydrogens is 258 g/mol. The summed E-state index contributed by atoms with van der Waals surface area (Å²) in [5.41, 5.74) is 1.20. The molecule has 0 aliphatic heterocycles. The van der Waals surface area contributed by atoms with Crippen LogP contribution >= 0.6 is 11.8 Å². The molecule has 1 amide bonds. The van der Waals surface area contributed by atoms with Crippen LogP contribution < -0.4 is 5.32 Å². The Kier molecular flexibility index (Phi) is 5.05. The second kappa shape index (κ2) is 6.78. The van der Waals surface area contributed by atoms with Crippen LogP contribution in [0.5, 0.6) is 0 Å². The van der Waals surface area contributed by atoms with Crippen LogP contribution in [0.1, 0.15) is 12.0 Å². The van der Waals surface area contributed by atoms with Crippen molar-refractivity contribution in [3.8, 4) is 0 Å². The third kappa shape index (κ3) is 4.11. The molecule has 3 nitrogen and oxygen atoms in total. The lowest BCUT2D eigenvalue weighted by Crippen LogP contribution is -2.34. The van der Waals surface area contributed by atoms with Crippen LogP contribution in [0.4, 0.5) is 0 Å². The normalized spacial score (nSPS) is 21.6. The van der Waals surface area contributed by atoms with E-state index in [1.807, 2.05) is 43.3 Å². The van der Waals surface area contributed by atoms with Crippen molar-refractivity contribution in [3.05, 3.63) is 42.0 Å². The van der Waals surface area contributed by atoms with Crippen molar-refractivity contribution in [3.63, 3.8) is 0 Å². The van der Waals surface area contributed by atoms with Crippen molar-refractivity contribution in [1.82, 2.24) is 5.32 Å². The topological polar surface area (TPSA) is 49.3 Å². The second-order valence-electron chi connectivity index (χ2n) is 4.79. The van der Waals surface area contributed by atoms with E-state index in [0.717, 1.165) is 11.3 Å². The molecule has 0 saturated carbocycles. The molecule has 0 spiro atoms. The Morgan fingerprint density at radius 2 is 2.21 bits per heavy atom. The summed E-state index contributed by atoms with van der Waals surface area (Å²) in [6.45, 7) is 2.20. The first-order chi connectivity index (χ1) is 9.19. The number of nitrogens with one attached hydrogen (secondary N) is 1. The third-order valence-corrected chi connectivity index (χ3v) is 4.38. The number of amides is 1. The van der Waals surface area contributed by atoms with Gasteiger partial charge in [-0.05, 0) is 25.0 Å². The molecule has 2 atom stereocenters. The number of hydrogen-bond acceptors (Lipinski definition) is 3. The van der Waals surface area contributed by atoms with E-state index in [1.165, 1.54) is 5.56 Å². The minimum atomic E-state index is 0.0430. The van der Waals surface area contributed by atoms with E-state index in [9.17, 15) is 4.79 Å². The summed E-state index contributed by atoms with van der Waals surface area (Å²) in [6, 6.07) is 8.13. The highest BCUT2D eigenvalue weighted by Gasteiger charge is 2.19. The fraction of sp³-hybridized carbons (Fsp3) is 0.400. The first-order valence-electron chi connectivity index (χ1n) is 6.46. The average molecular weight is 277 g/mol. The summed E-state index contributed by atoms with van der Waals surface area (Å²) in [4.78, 5) is 13.0. The highest BCUT2D eigenvalue weighted by atomic mass is 32.2. The van der Waals surface area contributed by atoms with Gasteiger partial charge in [0.1, 0.15) is 0 Å². The number of aryl methyl sites for hydroxylation is 1. The van der Waals surface area contributed by atoms with Crippen LogP contribution in [0, 0.1) is 12.8 Å². The van der Waals surface area contributed by atoms with E-state index in [1.54, 1.807) is 11.8 Å². The lowest BCUT2D eigenvalue weighted by atomic mass is 10.1. The van der Waals surface area contributed by atoms with E-state index < -0.39 is 0 Å². The van der Waals surface area contributed by atoms with Crippen molar-refractivity contribution in [2.75, 3.05) is 12.4 Å². The van der Waals surface area contributed by atoms with Gasteiger partial charge in [-0.3, -0.25) is 4.79 Å². The molecule has 0 aromatic heterocycles. The average Bonchev–Trinajstić information content (AvgIpc) is 2.85. The molecule has 0 unspecified atom stereocenters. The Labute approximate surface area is 118 Å². The van der Waals surface area contributed by atoms with Crippen LogP contribution in [0.3, 0.4) is 0 Å². The number of aliphatic hydroxyl groups excluding tert-OH is 1. The summed E-state index contributed by atoms with van der Waals surface area (Å²) < 4.78 is 0. The second-order valence-corrected chi connectivity index (χ2v) is 5.81. The molecule has 4 heteroatoms. The van der Waals surface area contributed by atoms with Gasteiger partial charge in [0.05, 0.1) is 5.75 Å². The first-order valence-corrected chi connectivity index (χ1v) is 7.44. The van der Waals surface area contributed by atoms with E-state index in [4.69, 9.17) is 5.11 Å². The lowest BCUT2D eigenvalue weighted by molar-refractivity contribution is -0.119. The van der Waals surface area contributed by atoms with Gasteiger partial charge in [0.25, 0.3) is 0 Å². The molecule has 102 valence electrons. The van der Waals surface area contributed by atoms with Crippen LogP contribution in [-0.4, -0.2) is 29.4 Å². The molecule has 19 heavy (non-hydrogen) atoms. The number of carbonyl (C=O) groups is 1. The van der Waals surface area contributed by atoms with Gasteiger partial charge in [0.15, 0.2) is 0 Å². The molecule has 0 saturated heterocycles. The molecule has 0 radical (unpaired) electrons. The fourth-order valence-electron chi connectivity index (χ4n) is 2.13. The Morgan fingerprint density at radius 1 is 1.42 bits per heavy atom. The van der Waals surface area contributed by atoms with Gasteiger partial charge in [0, 0.05) is 23.5 Å². The molecule has 1 aliphatic rings. The smallest absolute Gasteiger partial charge is 0.230 e. The van der Waals surface area contributed by atoms with Crippen molar-refractivity contribution in [1.29, 1.82) is 0 Å². The summed E-state index contributed by atoms with van der Waals surface area (Å²) in [7, 11) is 0. The highest BCUT2D eigenvalue weighted by molar-refractivity contribution is 8.00. The Hall–Kier alpha value is -1.26. The van der Waals surface area contributed by atoms with Crippen LogP contribution in [0.2, 0.25) is 0 Å². The monoisotopic (exact) mass is 277 g/mol. The highest BCUT2D eigenvalue weighted by Crippen LogP contribution is 2.22. The molecule has 0 fully saturated rings. The third-order valence-electron chi connectivity index (χ3n) is 3.21. The van der Waals surface area contributed by atoms with E-state index in [2.05, 4.69) is 5.32 Å². The van der Waals surface area contributed by atoms with Gasteiger partial charge in [-0.2, -0.15) is 0 Å². The standard InChI is InChI=1S/C15H19NO2S/c1-11-4-2-3-5-14(11)19-10-15(18)16-13-7-6-12(8-13)9-17/h2-7,12-13,17H,8-10H2,1H3,(H,16,18)/t12-,13+/m0/s1. The predicted octanol–water partition coefficient (Wildman–Crippen LogP) is 2.14. The van der Waals surface area contributed by atoms with Crippen molar-refractivity contribution in [2.45, 2.75) is 24.3 Å². The molecule has 2 rings (SSSR count). The minimum absolute atomic E-state index is 0.0430. The fourth-order valence-corrected chi connectivity index (χ4v) is 2.97. The number of benzene rings is 1. The SMILES string of the molecule is Cc1ccccc1SCC(=O)N[C@@H]1C=C[C@H](CO)C1. The summed E-state index contributed by atoms with van der Waals surface area (Å²) in [5.74, 6) is 0.662. The zero-order valence-electron chi connectivity index (χ0n) is 11.0. The zero-order chi connectivity index (χ0) is 13.7. The van der Waals surface area contributed by atoms with Crippen molar-refractivity contribution < 1.29 is 9.90 Å². The molecular formula is C15H19NO2S. The number of thioether (sulfide) groups is 1. The number of carbonyl (C=O) groups excluding carboxylic acids is 1. The van der Waals surface area contributed by atoms with Gasteiger partial charge >= 0.3 is 0 Å². The quantitative estimate of drug-likeness (QED) is 0.640. The van der Waals surface area contributed by atoms with Crippen LogP contribution in [-0.2, 0) is 4.79 Å². The van der Waals surface area contributed by atoms with E-state index in [-0.39, 0.29) is 24.5 Å². The number of aliphatic hydroxyl groups is 1. The van der Waals surface area contributed by atoms with E-state index in [0.29, 0.717) is 5.75 Å². The van der Waals surface area contributed by atoms with Crippen LogP contribution in [0.15, 0.2) is 41.3 Å². The molecule has 1 aromatic rings. The molecule has 0 bridgehead atoms. The Balaban J connectivity index is 1.77. The predicted molar refractivity (Wildman–Crippen MR) is 78.2 cm³/mol. The van der Waals surface area contributed by atoms with Crippen molar-refractivity contribution >= 4 is 17.7 Å². The van der Waals surface area contributed by atoms with Gasteiger partial charge in [-0.1, -0.05) is 30.4 Å². The maximum Gasteiger partial charge on any atom is 0.230 e. The Bertz CT molecular complexity index is 473. The summed E-state index contributed by atoms with van der Waals surface area (Å²) in [6.07, 6.45) is 4.74. The first kappa shape index (κ1) is 14.2. The summed E-state index contributed by atoms with van der Waals surface area (Å²) in [5, 5.41) is 12.0. The maximum absolute atomic E-state index is 11.9. The number of rotatable bonds is 5. The minimum Gasteiger partial charge on any atom is -0.396 e. The largest absolute Gasteiger partial charge is 0.396 e. The molecule has 2 N–H and O–H groups in total. The van der Waals surface area contributed by atoms with Gasteiger partial charge in [-0.15, -0.1) is 11.8 Å². The molecule has 1 aliphatic carbocycles. The lowest BCUT2D eigenvalue weighted by Gasteiger charge is -2.12. The molecule has 0 heterocycles. The van der Waals surface area contributed by atoms with E-state index >= 15 is 0 Å². The number of hydrogen-bond donors (Lipinski definition) is 2. The zero-order valence-corrected chi connectivity index (χ0v) is 11.8. The molecule has 1 aromatic carbocycles. The van der Waals surface area contributed by atoms with Gasteiger partial charge in [-0.25, -0.2) is 0 Å². The van der Waals surface area contributed by atoms with Gasteiger partial charge in [0.2, 0.25) is 5.91 Å². The van der Waals surface area contributed by atoms with Crippen molar-refractivity contribution in [2.24, 2.45) is 5.92 Å². The summed E-state index contributed by atoms with van der Waals surface area (Å²) >= 11 is 1.56. The Morgan fingerprint density at radius 3 is 2.89 bits per heavy atom. The van der Waals surface area contributed by atoms with Gasteiger partial charge < -0.3 is 10.4 Å². The van der Waals surface area contributed by atoms with Crippen LogP contribution in [0.25, 0.3) is 0 Å². The maximum atomic E-state index is 11.9.